The molecule has 0 fully saturated rings. The summed E-state index contributed by atoms with van der Waals surface area (Å²) < 4.78 is 0. The van der Waals surface area contributed by atoms with E-state index in [9.17, 15) is 4.79 Å². The zero-order valence-electron chi connectivity index (χ0n) is 10.6. The van der Waals surface area contributed by atoms with Crippen LogP contribution >= 0.6 is 0 Å². The molecule has 0 bridgehead atoms. The Labute approximate surface area is 103 Å². The van der Waals surface area contributed by atoms with Crippen molar-refractivity contribution in [3.8, 4) is 0 Å². The van der Waals surface area contributed by atoms with Crippen LogP contribution in [0.5, 0.6) is 0 Å². The summed E-state index contributed by atoms with van der Waals surface area (Å²) in [7, 11) is 0. The van der Waals surface area contributed by atoms with Crippen molar-refractivity contribution < 1.29 is 4.79 Å². The Balaban J connectivity index is 2.30. The molecule has 0 saturated heterocycles. The molecule has 1 aromatic carbocycles. The zero-order valence-corrected chi connectivity index (χ0v) is 10.6. The SMILES string of the molecule is CCCCN1Cc2ccccc2C(C)=CC1=O. The molecule has 17 heavy (non-hydrogen) atoms. The second-order valence-corrected chi connectivity index (χ2v) is 4.60. The summed E-state index contributed by atoms with van der Waals surface area (Å²) in [4.78, 5) is 14.0. The third-order valence-corrected chi connectivity index (χ3v) is 3.24. The Bertz CT molecular complexity index is 448. The van der Waals surface area contributed by atoms with Gasteiger partial charge in [0.2, 0.25) is 5.91 Å². The minimum Gasteiger partial charge on any atom is -0.335 e. The highest BCUT2D eigenvalue weighted by Crippen LogP contribution is 2.24. The highest BCUT2D eigenvalue weighted by atomic mass is 16.2. The van der Waals surface area contributed by atoms with Gasteiger partial charge in [-0.3, -0.25) is 4.79 Å². The minimum atomic E-state index is 0.146. The molecule has 2 nitrogen and oxygen atoms in total. The average molecular weight is 229 g/mol. The maximum atomic E-state index is 12.0. The summed E-state index contributed by atoms with van der Waals surface area (Å²) >= 11 is 0. The van der Waals surface area contributed by atoms with Crippen LogP contribution in [0, 0.1) is 0 Å². The number of hydrogen-bond acceptors (Lipinski definition) is 1. The lowest BCUT2D eigenvalue weighted by Gasteiger charge is -2.20. The molecule has 2 heteroatoms. The number of unbranched alkanes of at least 4 members (excludes halogenated alkanes) is 1. The van der Waals surface area contributed by atoms with Crippen LogP contribution in [0.3, 0.4) is 0 Å². The molecule has 90 valence electrons. The molecule has 1 amide bonds. The van der Waals surface area contributed by atoms with Crippen molar-refractivity contribution in [2.75, 3.05) is 6.54 Å². The van der Waals surface area contributed by atoms with Gasteiger partial charge in [-0.25, -0.2) is 0 Å². The molecule has 0 radical (unpaired) electrons. The molecule has 0 N–H and O–H groups in total. The number of allylic oxidation sites excluding steroid dienone is 1. The first kappa shape index (κ1) is 11.9. The molecule has 0 saturated carbocycles. The van der Waals surface area contributed by atoms with E-state index >= 15 is 0 Å². The Morgan fingerprint density at radius 1 is 1.29 bits per heavy atom. The van der Waals surface area contributed by atoms with Gasteiger partial charge in [-0.05, 0) is 30.0 Å². The first-order chi connectivity index (χ1) is 8.22. The molecule has 1 aliphatic heterocycles. The van der Waals surface area contributed by atoms with E-state index in [0.29, 0.717) is 0 Å². The van der Waals surface area contributed by atoms with Crippen molar-refractivity contribution >= 4 is 11.5 Å². The second kappa shape index (κ2) is 5.17. The molecule has 1 aromatic rings. The van der Waals surface area contributed by atoms with Gasteiger partial charge >= 0.3 is 0 Å². The summed E-state index contributed by atoms with van der Waals surface area (Å²) in [5.41, 5.74) is 3.53. The van der Waals surface area contributed by atoms with Crippen LogP contribution in [0.1, 0.15) is 37.8 Å². The predicted octanol–water partition coefficient (Wildman–Crippen LogP) is 3.23. The molecule has 0 aromatic heterocycles. The molecule has 0 aliphatic carbocycles. The van der Waals surface area contributed by atoms with E-state index < -0.39 is 0 Å². The molecular formula is C15H19NO. The highest BCUT2D eigenvalue weighted by molar-refractivity contribution is 5.96. The lowest BCUT2D eigenvalue weighted by Crippen LogP contribution is -2.29. The number of nitrogens with zero attached hydrogens (tertiary/aromatic N) is 1. The van der Waals surface area contributed by atoms with Crippen molar-refractivity contribution in [3.05, 3.63) is 41.5 Å². The molecule has 2 rings (SSSR count). The first-order valence-corrected chi connectivity index (χ1v) is 6.28. The van der Waals surface area contributed by atoms with Crippen LogP contribution in [-0.4, -0.2) is 17.4 Å². The fourth-order valence-corrected chi connectivity index (χ4v) is 2.22. The monoisotopic (exact) mass is 229 g/mol. The largest absolute Gasteiger partial charge is 0.335 e. The molecule has 0 unspecified atom stereocenters. The van der Waals surface area contributed by atoms with Crippen molar-refractivity contribution in [1.29, 1.82) is 0 Å². The van der Waals surface area contributed by atoms with Crippen LogP contribution < -0.4 is 0 Å². The van der Waals surface area contributed by atoms with Crippen molar-refractivity contribution in [2.45, 2.75) is 33.2 Å². The van der Waals surface area contributed by atoms with E-state index in [0.717, 1.165) is 31.5 Å². The molecule has 1 aliphatic rings. The van der Waals surface area contributed by atoms with E-state index in [1.807, 2.05) is 24.0 Å². The third-order valence-electron chi connectivity index (χ3n) is 3.24. The van der Waals surface area contributed by atoms with E-state index in [2.05, 4.69) is 19.1 Å². The standard InChI is InChI=1S/C15H19NO/c1-3-4-9-16-11-13-7-5-6-8-14(13)12(2)10-15(16)17/h5-8,10H,3-4,9,11H2,1-2H3. The van der Waals surface area contributed by atoms with E-state index in [1.54, 1.807) is 6.08 Å². The number of rotatable bonds is 3. The van der Waals surface area contributed by atoms with Gasteiger partial charge in [0, 0.05) is 19.2 Å². The summed E-state index contributed by atoms with van der Waals surface area (Å²) in [5, 5.41) is 0. The average Bonchev–Trinajstić information content (AvgIpc) is 2.45. The Morgan fingerprint density at radius 3 is 2.82 bits per heavy atom. The summed E-state index contributed by atoms with van der Waals surface area (Å²) in [6, 6.07) is 8.28. The van der Waals surface area contributed by atoms with Gasteiger partial charge in [-0.2, -0.15) is 0 Å². The van der Waals surface area contributed by atoms with Gasteiger partial charge < -0.3 is 4.90 Å². The highest BCUT2D eigenvalue weighted by Gasteiger charge is 2.18. The van der Waals surface area contributed by atoms with E-state index in [4.69, 9.17) is 0 Å². The lowest BCUT2D eigenvalue weighted by atomic mass is 10.0. The zero-order chi connectivity index (χ0) is 12.3. The Kier molecular flexibility index (Phi) is 3.62. The van der Waals surface area contributed by atoms with Crippen molar-refractivity contribution in [3.63, 3.8) is 0 Å². The normalized spacial score (nSPS) is 15.3. The minimum absolute atomic E-state index is 0.146. The summed E-state index contributed by atoms with van der Waals surface area (Å²) in [6.45, 7) is 5.76. The van der Waals surface area contributed by atoms with E-state index in [1.165, 1.54) is 11.1 Å². The number of carbonyl (C=O) groups excluding carboxylic acids is 1. The fourth-order valence-electron chi connectivity index (χ4n) is 2.22. The van der Waals surface area contributed by atoms with Crippen LogP contribution in [0.4, 0.5) is 0 Å². The topological polar surface area (TPSA) is 20.3 Å². The Hall–Kier alpha value is -1.57. The van der Waals surface area contributed by atoms with Crippen LogP contribution in [0.2, 0.25) is 0 Å². The fraction of sp³-hybridized carbons (Fsp3) is 0.400. The van der Waals surface area contributed by atoms with Gasteiger partial charge in [-0.15, -0.1) is 0 Å². The van der Waals surface area contributed by atoms with Crippen LogP contribution in [0.25, 0.3) is 5.57 Å². The maximum Gasteiger partial charge on any atom is 0.247 e. The summed E-state index contributed by atoms with van der Waals surface area (Å²) in [6.07, 6.45) is 3.95. The molecule has 1 heterocycles. The Morgan fingerprint density at radius 2 is 2.06 bits per heavy atom. The van der Waals surface area contributed by atoms with Gasteiger partial charge in [-0.1, -0.05) is 37.6 Å². The number of fused-ring (bicyclic) bond motifs is 1. The number of carbonyl (C=O) groups is 1. The van der Waals surface area contributed by atoms with Crippen LogP contribution in [-0.2, 0) is 11.3 Å². The second-order valence-electron chi connectivity index (χ2n) is 4.60. The molecule has 0 spiro atoms. The maximum absolute atomic E-state index is 12.0. The first-order valence-electron chi connectivity index (χ1n) is 6.28. The van der Waals surface area contributed by atoms with Gasteiger partial charge in [0.15, 0.2) is 0 Å². The van der Waals surface area contributed by atoms with Crippen molar-refractivity contribution in [2.24, 2.45) is 0 Å². The quantitative estimate of drug-likeness (QED) is 0.779. The smallest absolute Gasteiger partial charge is 0.247 e. The number of amides is 1. The molecular weight excluding hydrogens is 210 g/mol. The van der Waals surface area contributed by atoms with E-state index in [-0.39, 0.29) is 5.91 Å². The summed E-state index contributed by atoms with van der Waals surface area (Å²) in [5.74, 6) is 0.146. The van der Waals surface area contributed by atoms with Crippen LogP contribution in [0.15, 0.2) is 30.3 Å². The van der Waals surface area contributed by atoms with Gasteiger partial charge in [0.1, 0.15) is 0 Å². The lowest BCUT2D eigenvalue weighted by molar-refractivity contribution is -0.126. The van der Waals surface area contributed by atoms with Gasteiger partial charge in [0.25, 0.3) is 0 Å². The number of hydrogen-bond donors (Lipinski definition) is 0. The van der Waals surface area contributed by atoms with Gasteiger partial charge in [0.05, 0.1) is 0 Å². The molecule has 0 atom stereocenters. The van der Waals surface area contributed by atoms with Crippen molar-refractivity contribution in [1.82, 2.24) is 4.90 Å². The predicted molar refractivity (Wildman–Crippen MR) is 70.4 cm³/mol. The third kappa shape index (κ3) is 2.57. The number of benzene rings is 1.